The van der Waals surface area contributed by atoms with Gasteiger partial charge in [0.05, 0.1) is 0 Å². The molecule has 0 bridgehead atoms. The summed E-state index contributed by atoms with van der Waals surface area (Å²) in [6.07, 6.45) is 1.79. The molecular weight excluding hydrogens is 110 g/mol. The van der Waals surface area contributed by atoms with Crippen LogP contribution in [0.4, 0.5) is 0 Å². The molecule has 0 radical (unpaired) electrons. The molecule has 0 aliphatic carbocycles. The summed E-state index contributed by atoms with van der Waals surface area (Å²) in [6.45, 7) is 0. The summed E-state index contributed by atoms with van der Waals surface area (Å²) in [5, 5.41) is 7.94. The molecule has 1 atom stereocenters. The number of hydrogen-bond donors (Lipinski definition) is 2. The summed E-state index contributed by atoms with van der Waals surface area (Å²) in [6, 6.07) is 0. The van der Waals surface area contributed by atoms with Gasteiger partial charge in [0.1, 0.15) is 0 Å². The molecule has 2 N–H and O–H groups in total. The van der Waals surface area contributed by atoms with E-state index in [9.17, 15) is 0 Å². The van der Waals surface area contributed by atoms with Crippen molar-refractivity contribution in [3.63, 3.8) is 0 Å². The van der Waals surface area contributed by atoms with Crippen molar-refractivity contribution in [2.24, 2.45) is 5.11 Å². The van der Waals surface area contributed by atoms with Gasteiger partial charge < -0.3 is 5.32 Å². The van der Waals surface area contributed by atoms with Crippen LogP contribution >= 0.6 is 11.8 Å². The molecule has 0 saturated heterocycles. The molecule has 0 saturated carbocycles. The minimum atomic E-state index is -0.0556. The Kier molecular flexibility index (Phi) is 1.31. The Morgan fingerprint density at radius 3 is 3.00 bits per heavy atom. The lowest BCUT2D eigenvalue weighted by atomic mass is 10.9. The molecule has 1 aliphatic heterocycles. The fourth-order valence-corrected chi connectivity index (χ4v) is 0.866. The van der Waals surface area contributed by atoms with Crippen molar-refractivity contribution in [2.75, 3.05) is 0 Å². The molecule has 1 heterocycles. The highest BCUT2D eigenvalue weighted by Gasteiger charge is 2.04. The predicted molar refractivity (Wildman–Crippen MR) is 28.8 cm³/mol. The maximum atomic E-state index is 6.50. The van der Waals surface area contributed by atoms with E-state index >= 15 is 0 Å². The monoisotopic (exact) mass is 115 g/mol. The lowest BCUT2D eigenvalue weighted by Gasteiger charge is -1.96. The summed E-state index contributed by atoms with van der Waals surface area (Å²) in [4.78, 5) is 0. The number of rotatable bonds is 1. The van der Waals surface area contributed by atoms with E-state index in [-0.39, 0.29) is 5.50 Å². The molecule has 38 valence electrons. The van der Waals surface area contributed by atoms with Crippen LogP contribution in [0.1, 0.15) is 0 Å². The lowest BCUT2D eigenvalue weighted by Crippen LogP contribution is -2.10. The van der Waals surface area contributed by atoms with Gasteiger partial charge in [-0.2, -0.15) is 5.11 Å². The molecular formula is C3H5N3S. The maximum Gasteiger partial charge on any atom is 0.190 e. The van der Waals surface area contributed by atoms with Crippen molar-refractivity contribution in [2.45, 2.75) is 5.50 Å². The van der Waals surface area contributed by atoms with E-state index in [1.54, 1.807) is 6.20 Å². The first-order valence-corrected chi connectivity index (χ1v) is 2.81. The average Bonchev–Trinajstić information content (AvgIpc) is 2.14. The molecule has 3 nitrogen and oxygen atoms in total. The van der Waals surface area contributed by atoms with E-state index in [1.807, 2.05) is 5.41 Å². The van der Waals surface area contributed by atoms with Gasteiger partial charge in [0.25, 0.3) is 0 Å². The van der Waals surface area contributed by atoms with E-state index in [4.69, 9.17) is 5.53 Å². The third-order valence-electron chi connectivity index (χ3n) is 0.632. The van der Waals surface area contributed by atoms with Gasteiger partial charge in [-0.3, -0.25) is 0 Å². The molecule has 0 amide bonds. The minimum Gasteiger partial charge on any atom is -0.359 e. The highest BCUT2D eigenvalue weighted by Crippen LogP contribution is 2.14. The highest BCUT2D eigenvalue weighted by molar-refractivity contribution is 8.02. The number of hydrogen-bond acceptors (Lipinski definition) is 4. The van der Waals surface area contributed by atoms with Gasteiger partial charge in [0, 0.05) is 6.20 Å². The molecule has 0 aromatic heterocycles. The zero-order chi connectivity index (χ0) is 5.11. The highest BCUT2D eigenvalue weighted by atomic mass is 32.2. The summed E-state index contributed by atoms with van der Waals surface area (Å²) in [7, 11) is 0. The Labute approximate surface area is 45.7 Å². The van der Waals surface area contributed by atoms with E-state index in [0.717, 1.165) is 0 Å². The van der Waals surface area contributed by atoms with Crippen LogP contribution in [-0.4, -0.2) is 5.50 Å². The Morgan fingerprint density at radius 2 is 2.71 bits per heavy atom. The van der Waals surface area contributed by atoms with Gasteiger partial charge in [-0.25, -0.2) is 5.53 Å². The standard InChI is InChI=1S/C3H5N3S/c4-6-3-5-1-2-7-3/h1-5H. The Hall–Kier alpha value is -0.510. The molecule has 0 aromatic carbocycles. The predicted octanol–water partition coefficient (Wildman–Crippen LogP) is 1.11. The van der Waals surface area contributed by atoms with Crippen molar-refractivity contribution < 1.29 is 0 Å². The third-order valence-corrected chi connectivity index (χ3v) is 1.42. The minimum absolute atomic E-state index is 0.0556. The third kappa shape index (κ3) is 0.928. The second-order valence-corrected chi connectivity index (χ2v) is 2.08. The van der Waals surface area contributed by atoms with E-state index in [1.165, 1.54) is 11.8 Å². The number of nitrogens with zero attached hydrogens (tertiary/aromatic N) is 1. The van der Waals surface area contributed by atoms with Crippen LogP contribution in [0, 0.1) is 5.53 Å². The molecule has 0 spiro atoms. The average molecular weight is 115 g/mol. The second kappa shape index (κ2) is 1.97. The van der Waals surface area contributed by atoms with Gasteiger partial charge in [-0.05, 0) is 5.41 Å². The van der Waals surface area contributed by atoms with Gasteiger partial charge >= 0.3 is 0 Å². The summed E-state index contributed by atoms with van der Waals surface area (Å²) >= 11 is 1.50. The van der Waals surface area contributed by atoms with Crippen molar-refractivity contribution in [3.05, 3.63) is 11.6 Å². The first kappa shape index (κ1) is 4.64. The van der Waals surface area contributed by atoms with E-state index < -0.39 is 0 Å². The smallest absolute Gasteiger partial charge is 0.190 e. The second-order valence-electron chi connectivity index (χ2n) is 1.09. The van der Waals surface area contributed by atoms with Gasteiger partial charge in [0.2, 0.25) is 0 Å². The Morgan fingerprint density at radius 1 is 1.86 bits per heavy atom. The molecule has 4 heteroatoms. The zero-order valence-electron chi connectivity index (χ0n) is 3.59. The van der Waals surface area contributed by atoms with Crippen molar-refractivity contribution in [1.82, 2.24) is 5.32 Å². The first-order valence-electron chi connectivity index (χ1n) is 1.86. The molecule has 7 heavy (non-hydrogen) atoms. The van der Waals surface area contributed by atoms with Gasteiger partial charge in [-0.15, -0.1) is 0 Å². The van der Waals surface area contributed by atoms with Crippen LogP contribution in [0.2, 0.25) is 0 Å². The molecule has 1 aliphatic rings. The first-order chi connectivity index (χ1) is 3.43. The molecule has 1 rings (SSSR count). The van der Waals surface area contributed by atoms with Crippen molar-refractivity contribution >= 4 is 11.8 Å². The SMILES string of the molecule is N=NC1NC=CS1. The maximum absolute atomic E-state index is 6.50. The van der Waals surface area contributed by atoms with Crippen molar-refractivity contribution in [3.8, 4) is 0 Å². The largest absolute Gasteiger partial charge is 0.359 e. The zero-order valence-corrected chi connectivity index (χ0v) is 4.40. The van der Waals surface area contributed by atoms with Crippen LogP contribution in [-0.2, 0) is 0 Å². The van der Waals surface area contributed by atoms with Crippen molar-refractivity contribution in [1.29, 1.82) is 5.53 Å². The summed E-state index contributed by atoms with van der Waals surface area (Å²) in [5.41, 5.74) is 6.45. The molecule has 0 aromatic rings. The van der Waals surface area contributed by atoms with E-state index in [0.29, 0.717) is 0 Å². The Balaban J connectivity index is 2.35. The van der Waals surface area contributed by atoms with Crippen LogP contribution in [0.25, 0.3) is 0 Å². The Bertz CT molecular complexity index is 92.4. The fourth-order valence-electron chi connectivity index (χ4n) is 0.342. The molecule has 1 unspecified atom stereocenters. The summed E-state index contributed by atoms with van der Waals surface area (Å²) in [5.74, 6) is 0. The van der Waals surface area contributed by atoms with Crippen LogP contribution in [0.3, 0.4) is 0 Å². The fraction of sp³-hybridized carbons (Fsp3) is 0.333. The topological polar surface area (TPSA) is 48.2 Å². The van der Waals surface area contributed by atoms with E-state index in [2.05, 4.69) is 10.4 Å². The van der Waals surface area contributed by atoms with Gasteiger partial charge in [-0.1, -0.05) is 11.8 Å². The normalized spacial score (nSPS) is 27.1. The summed E-state index contributed by atoms with van der Waals surface area (Å²) < 4.78 is 0. The quantitative estimate of drug-likeness (QED) is 0.503. The lowest BCUT2D eigenvalue weighted by molar-refractivity contribution is 0.764. The van der Waals surface area contributed by atoms with Crippen LogP contribution in [0.5, 0.6) is 0 Å². The van der Waals surface area contributed by atoms with Gasteiger partial charge in [0.15, 0.2) is 5.50 Å². The van der Waals surface area contributed by atoms with Crippen LogP contribution < -0.4 is 5.32 Å². The van der Waals surface area contributed by atoms with Crippen LogP contribution in [0.15, 0.2) is 16.7 Å². The number of nitrogens with one attached hydrogen (secondary N) is 2. The number of thioether (sulfide) groups is 1. The molecule has 0 fully saturated rings.